The summed E-state index contributed by atoms with van der Waals surface area (Å²) in [6.45, 7) is 0.0776. The van der Waals surface area contributed by atoms with Gasteiger partial charge in [0, 0.05) is 12.6 Å². The highest BCUT2D eigenvalue weighted by Gasteiger charge is 2.37. The number of hydrogen-bond donors (Lipinski definition) is 2. The van der Waals surface area contributed by atoms with Crippen molar-refractivity contribution in [2.24, 2.45) is 0 Å². The first-order valence-corrected chi connectivity index (χ1v) is 7.74. The lowest BCUT2D eigenvalue weighted by Gasteiger charge is -2.22. The van der Waals surface area contributed by atoms with Gasteiger partial charge in [-0.3, -0.25) is 0 Å². The molecular formula is C10H13NO5S2. The first-order chi connectivity index (χ1) is 8.48. The molecule has 1 saturated heterocycles. The molecule has 0 aromatic carbocycles. The van der Waals surface area contributed by atoms with Gasteiger partial charge in [0.1, 0.15) is 9.77 Å². The fraction of sp³-hybridized carbons (Fsp3) is 0.500. The van der Waals surface area contributed by atoms with E-state index >= 15 is 0 Å². The van der Waals surface area contributed by atoms with Crippen LogP contribution < -0.4 is 0 Å². The van der Waals surface area contributed by atoms with Crippen molar-refractivity contribution in [2.45, 2.75) is 23.8 Å². The smallest absolute Gasteiger partial charge is 0.347 e. The minimum atomic E-state index is -3.83. The minimum Gasteiger partial charge on any atom is -0.477 e. The van der Waals surface area contributed by atoms with Crippen LogP contribution in [-0.2, 0) is 10.0 Å². The van der Waals surface area contributed by atoms with Crippen LogP contribution in [0.2, 0.25) is 0 Å². The van der Waals surface area contributed by atoms with E-state index in [-0.39, 0.29) is 16.4 Å². The normalized spacial score (nSPS) is 21.3. The number of nitrogens with zero attached hydrogens (tertiary/aromatic N) is 1. The Labute approximate surface area is 109 Å². The Bertz CT molecular complexity index is 550. The fourth-order valence-electron chi connectivity index (χ4n) is 2.09. The summed E-state index contributed by atoms with van der Waals surface area (Å²) < 4.78 is 25.9. The second-order valence-corrected chi connectivity index (χ2v) is 6.79. The zero-order valence-corrected chi connectivity index (χ0v) is 11.1. The van der Waals surface area contributed by atoms with Gasteiger partial charge in [0.05, 0.1) is 6.61 Å². The van der Waals surface area contributed by atoms with E-state index in [0.29, 0.717) is 19.4 Å². The molecular weight excluding hydrogens is 278 g/mol. The van der Waals surface area contributed by atoms with Crippen LogP contribution in [0.5, 0.6) is 0 Å². The molecule has 2 rings (SSSR count). The van der Waals surface area contributed by atoms with Gasteiger partial charge in [-0.1, -0.05) is 0 Å². The van der Waals surface area contributed by atoms with Crippen molar-refractivity contribution in [1.29, 1.82) is 0 Å². The van der Waals surface area contributed by atoms with Gasteiger partial charge in [-0.25, -0.2) is 13.2 Å². The molecule has 1 fully saturated rings. The Morgan fingerprint density at radius 3 is 2.89 bits per heavy atom. The third kappa shape index (κ3) is 2.16. The van der Waals surface area contributed by atoms with Crippen LogP contribution in [0.3, 0.4) is 0 Å². The largest absolute Gasteiger partial charge is 0.477 e. The van der Waals surface area contributed by atoms with Gasteiger partial charge >= 0.3 is 5.97 Å². The van der Waals surface area contributed by atoms with Crippen LogP contribution in [-0.4, -0.2) is 48.1 Å². The van der Waals surface area contributed by atoms with Crippen LogP contribution in [0.15, 0.2) is 16.3 Å². The summed E-state index contributed by atoms with van der Waals surface area (Å²) >= 11 is 0.884. The molecule has 0 radical (unpaired) electrons. The zero-order chi connectivity index (χ0) is 13.3. The molecule has 0 saturated carbocycles. The molecule has 8 heteroatoms. The van der Waals surface area contributed by atoms with Crippen molar-refractivity contribution in [3.05, 3.63) is 16.3 Å². The van der Waals surface area contributed by atoms with Crippen molar-refractivity contribution < 1.29 is 23.4 Å². The van der Waals surface area contributed by atoms with Gasteiger partial charge in [0.15, 0.2) is 0 Å². The van der Waals surface area contributed by atoms with Gasteiger partial charge in [0.2, 0.25) is 10.0 Å². The zero-order valence-electron chi connectivity index (χ0n) is 9.44. The Morgan fingerprint density at radius 2 is 2.28 bits per heavy atom. The molecule has 0 unspecified atom stereocenters. The number of aliphatic hydroxyl groups excluding tert-OH is 1. The number of sulfonamides is 1. The summed E-state index contributed by atoms with van der Waals surface area (Å²) in [5.74, 6) is -1.25. The molecule has 1 aromatic rings. The van der Waals surface area contributed by atoms with Crippen LogP contribution >= 0.6 is 11.3 Å². The molecule has 6 nitrogen and oxygen atoms in total. The summed E-state index contributed by atoms with van der Waals surface area (Å²) in [6, 6.07) is 0.854. The molecule has 2 N–H and O–H groups in total. The van der Waals surface area contributed by atoms with Crippen molar-refractivity contribution >= 4 is 27.3 Å². The number of carbonyl (C=O) groups is 1. The average Bonchev–Trinajstić information content (AvgIpc) is 2.98. The number of hydrogen-bond acceptors (Lipinski definition) is 5. The quantitative estimate of drug-likeness (QED) is 0.846. The summed E-state index contributed by atoms with van der Waals surface area (Å²) in [7, 11) is -3.83. The number of carboxylic acid groups (broad SMARTS) is 1. The summed E-state index contributed by atoms with van der Waals surface area (Å²) in [6.07, 6.45) is 1.28. The highest BCUT2D eigenvalue weighted by molar-refractivity contribution is 7.89. The summed E-state index contributed by atoms with van der Waals surface area (Å²) in [5, 5.41) is 19.6. The maximum Gasteiger partial charge on any atom is 0.347 e. The first-order valence-electron chi connectivity index (χ1n) is 5.42. The van der Waals surface area contributed by atoms with E-state index in [2.05, 4.69) is 0 Å². The average molecular weight is 291 g/mol. The van der Waals surface area contributed by atoms with Gasteiger partial charge in [-0.05, 0) is 24.3 Å². The molecule has 1 aliphatic rings. The predicted octanol–water partition coefficient (Wildman–Crippen LogP) is 0.592. The van der Waals surface area contributed by atoms with Crippen molar-refractivity contribution in [1.82, 2.24) is 4.31 Å². The van der Waals surface area contributed by atoms with Crippen molar-refractivity contribution in [3.8, 4) is 0 Å². The third-order valence-electron chi connectivity index (χ3n) is 2.94. The van der Waals surface area contributed by atoms with Gasteiger partial charge in [-0.15, -0.1) is 11.3 Å². The van der Waals surface area contributed by atoms with E-state index in [0.717, 1.165) is 11.3 Å². The fourth-order valence-corrected chi connectivity index (χ4v) is 5.01. The Hall–Kier alpha value is -0.960. The van der Waals surface area contributed by atoms with Crippen molar-refractivity contribution in [2.75, 3.05) is 13.2 Å². The number of aliphatic hydroxyl groups is 1. The maximum atomic E-state index is 12.3. The summed E-state index contributed by atoms with van der Waals surface area (Å²) in [4.78, 5) is 10.6. The van der Waals surface area contributed by atoms with E-state index < -0.39 is 22.0 Å². The Balaban J connectivity index is 2.42. The molecule has 0 aliphatic carbocycles. The van der Waals surface area contributed by atoms with E-state index in [4.69, 9.17) is 10.2 Å². The van der Waals surface area contributed by atoms with Gasteiger partial charge in [0.25, 0.3) is 0 Å². The molecule has 100 valence electrons. The van der Waals surface area contributed by atoms with E-state index in [9.17, 15) is 13.2 Å². The Morgan fingerprint density at radius 1 is 1.56 bits per heavy atom. The number of aromatic carboxylic acids is 1. The van der Waals surface area contributed by atoms with Crippen LogP contribution in [0.4, 0.5) is 0 Å². The third-order valence-corrected chi connectivity index (χ3v) is 5.97. The second-order valence-electron chi connectivity index (χ2n) is 4.01. The maximum absolute atomic E-state index is 12.3. The predicted molar refractivity (Wildman–Crippen MR) is 65.3 cm³/mol. The monoisotopic (exact) mass is 291 g/mol. The first kappa shape index (κ1) is 13.5. The lowest BCUT2D eigenvalue weighted by Crippen LogP contribution is -2.37. The topological polar surface area (TPSA) is 94.9 Å². The lowest BCUT2D eigenvalue weighted by molar-refractivity contribution is 0.0698. The van der Waals surface area contributed by atoms with Crippen LogP contribution in [0.25, 0.3) is 0 Å². The standard InChI is InChI=1S/C10H13NO5S2/c12-6-7-2-1-4-11(7)18(15,16)8-3-5-17-9(8)10(13)14/h3,5,7,12H,1-2,4,6H2,(H,13,14)/t7-/m0/s1. The molecule has 18 heavy (non-hydrogen) atoms. The molecule has 1 aliphatic heterocycles. The second kappa shape index (κ2) is 4.96. The van der Waals surface area contributed by atoms with Gasteiger partial charge in [-0.2, -0.15) is 4.31 Å². The molecule has 0 amide bonds. The number of rotatable bonds is 4. The SMILES string of the molecule is O=C(O)c1sccc1S(=O)(=O)N1CCC[C@H]1CO. The van der Waals surface area contributed by atoms with E-state index in [1.54, 1.807) is 0 Å². The molecule has 2 heterocycles. The molecule has 0 spiro atoms. The van der Waals surface area contributed by atoms with Crippen molar-refractivity contribution in [3.63, 3.8) is 0 Å². The van der Waals surface area contributed by atoms with E-state index in [1.807, 2.05) is 0 Å². The van der Waals surface area contributed by atoms with E-state index in [1.165, 1.54) is 15.8 Å². The Kier molecular flexibility index (Phi) is 3.71. The molecule has 1 aromatic heterocycles. The number of carboxylic acids is 1. The van der Waals surface area contributed by atoms with Gasteiger partial charge < -0.3 is 10.2 Å². The highest BCUT2D eigenvalue weighted by atomic mass is 32.2. The van der Waals surface area contributed by atoms with Crippen LogP contribution in [0.1, 0.15) is 22.5 Å². The lowest BCUT2D eigenvalue weighted by atomic mass is 10.2. The number of thiophene rings is 1. The molecule has 0 bridgehead atoms. The van der Waals surface area contributed by atoms with Crippen LogP contribution in [0, 0.1) is 0 Å². The summed E-state index contributed by atoms with van der Waals surface area (Å²) in [5.41, 5.74) is 0. The highest BCUT2D eigenvalue weighted by Crippen LogP contribution is 2.30. The minimum absolute atomic E-state index is 0.180. The molecule has 1 atom stereocenters.